The van der Waals surface area contributed by atoms with Crippen LogP contribution >= 0.6 is 0 Å². The molecule has 0 spiro atoms. The zero-order valence-electron chi connectivity index (χ0n) is 16.1. The zero-order valence-corrected chi connectivity index (χ0v) is 16.1. The Bertz CT molecular complexity index is 1320. The number of fused-ring (bicyclic) bond motifs is 2. The summed E-state index contributed by atoms with van der Waals surface area (Å²) in [4.78, 5) is 17.5. The lowest BCUT2D eigenvalue weighted by Gasteiger charge is -2.11. The lowest BCUT2D eigenvalue weighted by Crippen LogP contribution is -2.20. The van der Waals surface area contributed by atoms with E-state index in [1.54, 1.807) is 6.20 Å². The van der Waals surface area contributed by atoms with E-state index in [0.29, 0.717) is 5.82 Å². The van der Waals surface area contributed by atoms with Gasteiger partial charge < -0.3 is 14.6 Å². The quantitative estimate of drug-likeness (QED) is 0.451. The molecule has 0 aliphatic heterocycles. The largest absolute Gasteiger partial charge is 0.486 e. The molecule has 0 atom stereocenters. The molecule has 5 rings (SSSR count). The van der Waals surface area contributed by atoms with E-state index in [2.05, 4.69) is 20.5 Å². The number of aromatic nitrogens is 4. The Morgan fingerprint density at radius 1 is 1.03 bits per heavy atom. The van der Waals surface area contributed by atoms with Crippen molar-refractivity contribution in [3.8, 4) is 5.75 Å². The first-order valence-corrected chi connectivity index (χ1v) is 9.61. The van der Waals surface area contributed by atoms with E-state index < -0.39 is 0 Å². The van der Waals surface area contributed by atoms with Crippen molar-refractivity contribution in [3.63, 3.8) is 0 Å². The van der Waals surface area contributed by atoms with Crippen LogP contribution in [0.5, 0.6) is 5.75 Å². The number of aromatic amines is 1. The third-order valence-corrected chi connectivity index (χ3v) is 4.87. The first-order valence-electron chi connectivity index (χ1n) is 9.61. The SMILES string of the molecule is O=C(Cn1c(COc2ccccc2)nc2ccccc21)Nc1ccc2[nH]ncc2c1. The van der Waals surface area contributed by atoms with Crippen LogP contribution in [0.4, 0.5) is 5.69 Å². The number of hydrogen-bond donors (Lipinski definition) is 2. The predicted octanol–water partition coefficient (Wildman–Crippen LogP) is 4.13. The molecule has 1 amide bonds. The van der Waals surface area contributed by atoms with Gasteiger partial charge in [0, 0.05) is 11.1 Å². The highest BCUT2D eigenvalue weighted by Crippen LogP contribution is 2.20. The Morgan fingerprint density at radius 2 is 1.87 bits per heavy atom. The number of hydrogen-bond acceptors (Lipinski definition) is 4. The van der Waals surface area contributed by atoms with Crippen molar-refractivity contribution in [2.75, 3.05) is 5.32 Å². The van der Waals surface area contributed by atoms with Crippen molar-refractivity contribution in [3.05, 3.63) is 84.8 Å². The highest BCUT2D eigenvalue weighted by molar-refractivity contribution is 5.94. The molecule has 0 saturated carbocycles. The number of anilines is 1. The average Bonchev–Trinajstić information content (AvgIpc) is 3.37. The van der Waals surface area contributed by atoms with Gasteiger partial charge in [0.1, 0.15) is 24.7 Å². The molecule has 2 heterocycles. The molecule has 30 heavy (non-hydrogen) atoms. The van der Waals surface area contributed by atoms with Gasteiger partial charge in [0.05, 0.1) is 22.7 Å². The molecule has 2 aromatic heterocycles. The second-order valence-electron chi connectivity index (χ2n) is 6.92. The third-order valence-electron chi connectivity index (χ3n) is 4.87. The summed E-state index contributed by atoms with van der Waals surface area (Å²) < 4.78 is 7.77. The van der Waals surface area contributed by atoms with E-state index in [1.807, 2.05) is 77.4 Å². The number of carbonyl (C=O) groups excluding carboxylic acids is 1. The number of imidazole rings is 1. The highest BCUT2D eigenvalue weighted by atomic mass is 16.5. The van der Waals surface area contributed by atoms with Crippen molar-refractivity contribution in [2.24, 2.45) is 0 Å². The van der Waals surface area contributed by atoms with Crippen LogP contribution in [0.1, 0.15) is 5.82 Å². The number of benzene rings is 3. The van der Waals surface area contributed by atoms with Gasteiger partial charge in [0.15, 0.2) is 0 Å². The Morgan fingerprint density at radius 3 is 2.77 bits per heavy atom. The van der Waals surface area contributed by atoms with Gasteiger partial charge in [0.2, 0.25) is 5.91 Å². The first kappa shape index (κ1) is 17.9. The molecule has 148 valence electrons. The van der Waals surface area contributed by atoms with Gasteiger partial charge in [-0.25, -0.2) is 4.98 Å². The molecule has 0 radical (unpaired) electrons. The van der Waals surface area contributed by atoms with E-state index in [4.69, 9.17) is 4.74 Å². The molecule has 0 aliphatic rings. The molecule has 0 bridgehead atoms. The van der Waals surface area contributed by atoms with Crippen LogP contribution in [0.25, 0.3) is 21.9 Å². The van der Waals surface area contributed by atoms with Gasteiger partial charge >= 0.3 is 0 Å². The lowest BCUT2D eigenvalue weighted by atomic mass is 10.2. The van der Waals surface area contributed by atoms with Crippen molar-refractivity contribution in [2.45, 2.75) is 13.2 Å². The van der Waals surface area contributed by atoms with Crippen LogP contribution < -0.4 is 10.1 Å². The van der Waals surface area contributed by atoms with Gasteiger partial charge in [-0.15, -0.1) is 0 Å². The monoisotopic (exact) mass is 397 g/mol. The Labute approximate surface area is 172 Å². The maximum atomic E-state index is 12.8. The Balaban J connectivity index is 1.38. The minimum Gasteiger partial charge on any atom is -0.486 e. The number of nitrogens with zero attached hydrogens (tertiary/aromatic N) is 3. The van der Waals surface area contributed by atoms with Gasteiger partial charge in [-0.1, -0.05) is 30.3 Å². The van der Waals surface area contributed by atoms with E-state index in [1.165, 1.54) is 0 Å². The molecule has 0 unspecified atom stereocenters. The second-order valence-corrected chi connectivity index (χ2v) is 6.92. The summed E-state index contributed by atoms with van der Waals surface area (Å²) in [6, 6.07) is 23.0. The van der Waals surface area contributed by atoms with E-state index in [9.17, 15) is 4.79 Å². The van der Waals surface area contributed by atoms with Crippen LogP contribution in [-0.4, -0.2) is 25.7 Å². The molecule has 0 saturated heterocycles. The average molecular weight is 397 g/mol. The molecule has 0 fully saturated rings. The fraction of sp³-hybridized carbons (Fsp3) is 0.0870. The first-order chi connectivity index (χ1) is 14.8. The molecule has 7 nitrogen and oxygen atoms in total. The minimum atomic E-state index is -0.137. The smallest absolute Gasteiger partial charge is 0.244 e. The molecular weight excluding hydrogens is 378 g/mol. The number of amides is 1. The molecule has 5 aromatic rings. The van der Waals surface area contributed by atoms with Crippen molar-refractivity contribution < 1.29 is 9.53 Å². The summed E-state index contributed by atoms with van der Waals surface area (Å²) in [5.41, 5.74) is 3.37. The lowest BCUT2D eigenvalue weighted by molar-refractivity contribution is -0.116. The molecule has 3 aromatic carbocycles. The number of nitrogens with one attached hydrogen (secondary N) is 2. The summed E-state index contributed by atoms with van der Waals surface area (Å²) in [5, 5.41) is 10.8. The standard InChI is InChI=1S/C23H19N5O2/c29-23(25-17-10-11-19-16(12-17)13-24-27-19)14-28-21-9-5-4-8-20(21)26-22(28)15-30-18-6-2-1-3-7-18/h1-13H,14-15H2,(H,24,27)(H,25,29). The number of rotatable bonds is 6. The van der Waals surface area contributed by atoms with Gasteiger partial charge in [-0.05, 0) is 42.5 Å². The van der Waals surface area contributed by atoms with Crippen LogP contribution in [0, 0.1) is 0 Å². The topological polar surface area (TPSA) is 84.8 Å². The highest BCUT2D eigenvalue weighted by Gasteiger charge is 2.14. The Hall–Kier alpha value is -4.13. The normalized spacial score (nSPS) is 11.1. The minimum absolute atomic E-state index is 0.136. The maximum absolute atomic E-state index is 12.8. The summed E-state index contributed by atoms with van der Waals surface area (Å²) in [6.45, 7) is 0.407. The fourth-order valence-electron chi connectivity index (χ4n) is 3.44. The zero-order chi connectivity index (χ0) is 20.3. The summed E-state index contributed by atoms with van der Waals surface area (Å²) in [6.07, 6.45) is 1.73. The fourth-order valence-corrected chi connectivity index (χ4v) is 3.44. The van der Waals surface area contributed by atoms with Gasteiger partial charge in [-0.2, -0.15) is 5.10 Å². The number of ether oxygens (including phenoxy) is 1. The predicted molar refractivity (Wildman–Crippen MR) is 115 cm³/mol. The summed E-state index contributed by atoms with van der Waals surface area (Å²) in [5.74, 6) is 1.32. The molecule has 0 aliphatic carbocycles. The van der Waals surface area contributed by atoms with Gasteiger partial charge in [0.25, 0.3) is 0 Å². The second kappa shape index (κ2) is 7.71. The third kappa shape index (κ3) is 3.60. The van der Waals surface area contributed by atoms with E-state index in [0.717, 1.165) is 33.4 Å². The maximum Gasteiger partial charge on any atom is 0.244 e. The van der Waals surface area contributed by atoms with Crippen LogP contribution in [0.2, 0.25) is 0 Å². The van der Waals surface area contributed by atoms with Crippen LogP contribution in [0.3, 0.4) is 0 Å². The van der Waals surface area contributed by atoms with Crippen molar-refractivity contribution >= 4 is 33.5 Å². The van der Waals surface area contributed by atoms with Gasteiger partial charge in [-0.3, -0.25) is 9.89 Å². The van der Waals surface area contributed by atoms with Crippen LogP contribution in [-0.2, 0) is 17.9 Å². The number of para-hydroxylation sites is 3. The molecular formula is C23H19N5O2. The number of carbonyl (C=O) groups is 1. The van der Waals surface area contributed by atoms with Crippen molar-refractivity contribution in [1.29, 1.82) is 0 Å². The summed E-state index contributed by atoms with van der Waals surface area (Å²) >= 11 is 0. The Kier molecular flexibility index (Phi) is 4.61. The number of H-pyrrole nitrogens is 1. The van der Waals surface area contributed by atoms with E-state index >= 15 is 0 Å². The van der Waals surface area contributed by atoms with E-state index in [-0.39, 0.29) is 19.1 Å². The molecule has 2 N–H and O–H groups in total. The summed E-state index contributed by atoms with van der Waals surface area (Å²) in [7, 11) is 0. The van der Waals surface area contributed by atoms with Crippen molar-refractivity contribution in [1.82, 2.24) is 19.7 Å². The van der Waals surface area contributed by atoms with Crippen LogP contribution in [0.15, 0.2) is 79.0 Å². The molecule has 7 heteroatoms.